The molecule has 1 aliphatic heterocycles. The summed E-state index contributed by atoms with van der Waals surface area (Å²) in [5.41, 5.74) is 2.21. The molecule has 0 radical (unpaired) electrons. The number of amides is 1. The van der Waals surface area contributed by atoms with E-state index in [2.05, 4.69) is 20.6 Å². The second kappa shape index (κ2) is 6.75. The standard InChI is InChI=1S/C19H22N6O3/c1-12-17(16(23-28-12)13-7-5-6-8-20-13)24(3)15-9-14(25(4)22-15)18(26)21-19(2)10-27-11-19/h5-9H,10-11H2,1-4H3,(H,21,26). The quantitative estimate of drug-likeness (QED) is 0.721. The zero-order chi connectivity index (χ0) is 19.9. The number of hydrogen-bond donors (Lipinski definition) is 1. The summed E-state index contributed by atoms with van der Waals surface area (Å²) in [6.07, 6.45) is 1.71. The summed E-state index contributed by atoms with van der Waals surface area (Å²) in [4.78, 5) is 18.9. The average molecular weight is 382 g/mol. The van der Waals surface area contributed by atoms with Crippen LogP contribution in [-0.2, 0) is 11.8 Å². The van der Waals surface area contributed by atoms with Crippen molar-refractivity contribution in [3.05, 3.63) is 41.9 Å². The molecule has 0 aromatic carbocycles. The van der Waals surface area contributed by atoms with Crippen LogP contribution in [0.2, 0.25) is 0 Å². The van der Waals surface area contributed by atoms with Crippen molar-refractivity contribution in [2.45, 2.75) is 19.4 Å². The van der Waals surface area contributed by atoms with Crippen LogP contribution in [0.3, 0.4) is 0 Å². The fraction of sp³-hybridized carbons (Fsp3) is 0.368. The SMILES string of the molecule is Cc1onc(-c2ccccn2)c1N(C)c1cc(C(=O)NC2(C)COC2)n(C)n1. The molecule has 9 nitrogen and oxygen atoms in total. The van der Waals surface area contributed by atoms with Gasteiger partial charge in [0.25, 0.3) is 5.91 Å². The first kappa shape index (κ1) is 18.2. The van der Waals surface area contributed by atoms with E-state index in [9.17, 15) is 4.79 Å². The largest absolute Gasteiger partial charge is 0.376 e. The Labute approximate surface area is 162 Å². The van der Waals surface area contributed by atoms with Crippen molar-refractivity contribution in [3.8, 4) is 11.4 Å². The van der Waals surface area contributed by atoms with Gasteiger partial charge >= 0.3 is 0 Å². The number of ether oxygens (including phenoxy) is 1. The maximum Gasteiger partial charge on any atom is 0.270 e. The molecule has 3 aromatic heterocycles. The Morgan fingerprint density at radius 1 is 1.36 bits per heavy atom. The van der Waals surface area contributed by atoms with Gasteiger partial charge in [-0.05, 0) is 26.0 Å². The summed E-state index contributed by atoms with van der Waals surface area (Å²) in [6, 6.07) is 7.35. The van der Waals surface area contributed by atoms with Crippen molar-refractivity contribution < 1.29 is 14.1 Å². The van der Waals surface area contributed by atoms with E-state index in [1.165, 1.54) is 0 Å². The van der Waals surface area contributed by atoms with Crippen molar-refractivity contribution in [3.63, 3.8) is 0 Å². The molecule has 0 saturated carbocycles. The van der Waals surface area contributed by atoms with E-state index >= 15 is 0 Å². The second-order valence-corrected chi connectivity index (χ2v) is 7.23. The number of anilines is 2. The van der Waals surface area contributed by atoms with Crippen molar-refractivity contribution in [1.82, 2.24) is 25.2 Å². The highest BCUT2D eigenvalue weighted by atomic mass is 16.5. The fourth-order valence-electron chi connectivity index (χ4n) is 3.19. The van der Waals surface area contributed by atoms with Gasteiger partial charge in [0.05, 0.1) is 24.4 Å². The number of pyridine rings is 1. The molecule has 1 amide bonds. The highest BCUT2D eigenvalue weighted by Crippen LogP contribution is 2.35. The van der Waals surface area contributed by atoms with Crippen LogP contribution in [-0.4, -0.2) is 51.6 Å². The predicted molar refractivity (Wildman–Crippen MR) is 102 cm³/mol. The molecule has 146 valence electrons. The van der Waals surface area contributed by atoms with Crippen molar-refractivity contribution in [2.24, 2.45) is 7.05 Å². The minimum atomic E-state index is -0.329. The van der Waals surface area contributed by atoms with Crippen molar-refractivity contribution in [1.29, 1.82) is 0 Å². The Bertz CT molecular complexity index is 1010. The molecule has 0 unspecified atom stereocenters. The Morgan fingerprint density at radius 2 is 2.14 bits per heavy atom. The number of hydrogen-bond acceptors (Lipinski definition) is 7. The number of carbonyl (C=O) groups is 1. The number of rotatable bonds is 5. The first-order valence-corrected chi connectivity index (χ1v) is 8.94. The molecule has 0 aliphatic carbocycles. The first-order chi connectivity index (χ1) is 13.4. The molecule has 1 N–H and O–H groups in total. The maximum absolute atomic E-state index is 12.7. The van der Waals surface area contributed by atoms with Crippen LogP contribution >= 0.6 is 0 Å². The number of aryl methyl sites for hydroxylation is 2. The van der Waals surface area contributed by atoms with Crippen molar-refractivity contribution in [2.75, 3.05) is 25.2 Å². The highest BCUT2D eigenvalue weighted by molar-refractivity contribution is 5.94. The lowest BCUT2D eigenvalue weighted by molar-refractivity contribution is -0.0594. The van der Waals surface area contributed by atoms with Gasteiger partial charge in [-0.25, -0.2) is 0 Å². The lowest BCUT2D eigenvalue weighted by atomic mass is 10.0. The molecule has 1 saturated heterocycles. The fourth-order valence-corrected chi connectivity index (χ4v) is 3.19. The molecule has 0 spiro atoms. The number of nitrogens with zero attached hydrogens (tertiary/aromatic N) is 5. The van der Waals surface area contributed by atoms with Gasteiger partial charge in [0.1, 0.15) is 11.4 Å². The summed E-state index contributed by atoms with van der Waals surface area (Å²) in [7, 11) is 3.60. The zero-order valence-corrected chi connectivity index (χ0v) is 16.3. The van der Waals surface area contributed by atoms with Gasteiger partial charge in [0.15, 0.2) is 17.3 Å². The van der Waals surface area contributed by atoms with E-state index in [0.717, 1.165) is 5.69 Å². The van der Waals surface area contributed by atoms with E-state index in [1.54, 1.807) is 24.0 Å². The zero-order valence-electron chi connectivity index (χ0n) is 16.3. The third-order valence-corrected chi connectivity index (χ3v) is 4.77. The summed E-state index contributed by atoms with van der Waals surface area (Å²) < 4.78 is 12.2. The minimum absolute atomic E-state index is 0.188. The van der Waals surface area contributed by atoms with Gasteiger partial charge in [-0.3, -0.25) is 14.5 Å². The maximum atomic E-state index is 12.7. The van der Waals surface area contributed by atoms with Crippen LogP contribution in [0.1, 0.15) is 23.2 Å². The Hall–Kier alpha value is -3.20. The van der Waals surface area contributed by atoms with Gasteiger partial charge in [-0.2, -0.15) is 5.10 Å². The van der Waals surface area contributed by atoms with Crippen LogP contribution in [0.25, 0.3) is 11.4 Å². The molecule has 4 heterocycles. The van der Waals surface area contributed by atoms with Gasteiger partial charge < -0.3 is 19.5 Å². The molecule has 0 bridgehead atoms. The third kappa shape index (κ3) is 3.13. The molecular formula is C19H22N6O3. The normalized spacial score (nSPS) is 15.1. The predicted octanol–water partition coefficient (Wildman–Crippen LogP) is 2.07. The van der Waals surface area contributed by atoms with E-state index in [0.29, 0.717) is 41.9 Å². The average Bonchev–Trinajstić information content (AvgIpc) is 3.23. The van der Waals surface area contributed by atoms with Gasteiger partial charge in [0, 0.05) is 26.4 Å². The third-order valence-electron chi connectivity index (χ3n) is 4.77. The van der Waals surface area contributed by atoms with Crippen molar-refractivity contribution >= 4 is 17.4 Å². The lowest BCUT2D eigenvalue weighted by Gasteiger charge is -2.38. The van der Waals surface area contributed by atoms with E-state index in [-0.39, 0.29) is 11.4 Å². The van der Waals surface area contributed by atoms with E-state index < -0.39 is 0 Å². The van der Waals surface area contributed by atoms with Crippen LogP contribution in [0.4, 0.5) is 11.5 Å². The molecule has 1 aliphatic rings. The minimum Gasteiger partial charge on any atom is -0.376 e. The second-order valence-electron chi connectivity index (χ2n) is 7.23. The van der Waals surface area contributed by atoms with Crippen LogP contribution in [0.5, 0.6) is 0 Å². The van der Waals surface area contributed by atoms with E-state index in [4.69, 9.17) is 9.26 Å². The molecule has 0 atom stereocenters. The Morgan fingerprint density at radius 3 is 2.79 bits per heavy atom. The molecular weight excluding hydrogens is 360 g/mol. The summed E-state index contributed by atoms with van der Waals surface area (Å²) in [6.45, 7) is 4.81. The Balaban J connectivity index is 1.64. The lowest BCUT2D eigenvalue weighted by Crippen LogP contribution is -2.60. The highest BCUT2D eigenvalue weighted by Gasteiger charge is 2.36. The van der Waals surface area contributed by atoms with Gasteiger partial charge in [-0.1, -0.05) is 11.2 Å². The molecule has 4 rings (SSSR count). The number of nitrogens with one attached hydrogen (secondary N) is 1. The summed E-state index contributed by atoms with van der Waals surface area (Å²) in [5, 5.41) is 11.7. The number of aromatic nitrogens is 4. The molecule has 1 fully saturated rings. The van der Waals surface area contributed by atoms with Gasteiger partial charge in [-0.15, -0.1) is 0 Å². The monoisotopic (exact) mass is 382 g/mol. The van der Waals surface area contributed by atoms with Crippen LogP contribution in [0, 0.1) is 6.92 Å². The molecule has 9 heteroatoms. The van der Waals surface area contributed by atoms with E-state index in [1.807, 2.05) is 44.0 Å². The Kier molecular flexibility index (Phi) is 4.38. The summed E-state index contributed by atoms with van der Waals surface area (Å²) >= 11 is 0. The summed E-state index contributed by atoms with van der Waals surface area (Å²) in [5.74, 6) is 1.05. The van der Waals surface area contributed by atoms with Crippen LogP contribution in [0.15, 0.2) is 35.0 Å². The topological polar surface area (TPSA) is 98.3 Å². The first-order valence-electron chi connectivity index (χ1n) is 8.94. The number of carbonyl (C=O) groups excluding carboxylic acids is 1. The molecule has 28 heavy (non-hydrogen) atoms. The smallest absolute Gasteiger partial charge is 0.270 e. The molecule has 3 aromatic rings. The van der Waals surface area contributed by atoms with Gasteiger partial charge in [0.2, 0.25) is 0 Å². The van der Waals surface area contributed by atoms with Crippen LogP contribution < -0.4 is 10.2 Å².